The molecular weight excluding hydrogens is 398 g/mol. The van der Waals surface area contributed by atoms with Gasteiger partial charge < -0.3 is 19.4 Å². The third kappa shape index (κ3) is 5.77. The Morgan fingerprint density at radius 2 is 1.73 bits per heavy atom. The van der Waals surface area contributed by atoms with Crippen molar-refractivity contribution in [3.05, 3.63) is 59.7 Å². The maximum absolute atomic E-state index is 13.1. The van der Waals surface area contributed by atoms with Gasteiger partial charge in [-0.05, 0) is 36.4 Å². The highest BCUT2D eigenvalue weighted by Gasteiger charge is 2.26. The van der Waals surface area contributed by atoms with Gasteiger partial charge in [0.25, 0.3) is 5.91 Å². The number of ether oxygens (including phenoxy) is 1. The standard InChI is InChI=1S/C23H29N3O3S/c1-24(2)22(27)17-30-21-7-5-4-6-20(21)23(28)26-14-12-25(13-15-26)16-18-8-10-19(29-3)11-9-18/h4-11H,12-17H2,1-3H3/p+1. The van der Waals surface area contributed by atoms with Crippen LogP contribution in [0.4, 0.5) is 0 Å². The number of rotatable bonds is 7. The van der Waals surface area contributed by atoms with E-state index in [0.29, 0.717) is 11.3 Å². The van der Waals surface area contributed by atoms with Gasteiger partial charge in [-0.1, -0.05) is 12.1 Å². The molecule has 30 heavy (non-hydrogen) atoms. The normalized spacial score (nSPS) is 14.4. The Morgan fingerprint density at radius 3 is 2.37 bits per heavy atom. The Balaban J connectivity index is 1.56. The van der Waals surface area contributed by atoms with Crippen molar-refractivity contribution in [3.63, 3.8) is 0 Å². The molecular formula is C23H30N3O3S+. The SMILES string of the molecule is COc1ccc(C[NH+]2CCN(C(=O)c3ccccc3SCC(=O)N(C)C)CC2)cc1. The van der Waals surface area contributed by atoms with Crippen LogP contribution in [0.5, 0.6) is 5.75 Å². The summed E-state index contributed by atoms with van der Waals surface area (Å²) in [4.78, 5) is 30.9. The molecule has 0 saturated carbocycles. The lowest BCUT2D eigenvalue weighted by Gasteiger charge is -2.32. The fraction of sp³-hybridized carbons (Fsp3) is 0.391. The predicted molar refractivity (Wildman–Crippen MR) is 119 cm³/mol. The van der Waals surface area contributed by atoms with Crippen molar-refractivity contribution in [1.82, 2.24) is 9.80 Å². The molecule has 2 aromatic carbocycles. The molecule has 1 heterocycles. The Labute approximate surface area is 182 Å². The Hall–Kier alpha value is -2.51. The molecule has 1 N–H and O–H groups in total. The molecule has 6 nitrogen and oxygen atoms in total. The predicted octanol–water partition coefficient (Wildman–Crippen LogP) is 1.42. The highest BCUT2D eigenvalue weighted by atomic mass is 32.2. The molecule has 1 fully saturated rings. The Bertz CT molecular complexity index is 862. The summed E-state index contributed by atoms with van der Waals surface area (Å²) in [6, 6.07) is 15.8. The van der Waals surface area contributed by atoms with E-state index >= 15 is 0 Å². The minimum Gasteiger partial charge on any atom is -0.497 e. The van der Waals surface area contributed by atoms with Crippen LogP contribution < -0.4 is 9.64 Å². The summed E-state index contributed by atoms with van der Waals surface area (Å²) in [5.41, 5.74) is 1.96. The van der Waals surface area contributed by atoms with Crippen LogP contribution >= 0.6 is 11.8 Å². The lowest BCUT2D eigenvalue weighted by molar-refractivity contribution is -0.917. The zero-order valence-electron chi connectivity index (χ0n) is 17.9. The number of quaternary nitrogens is 1. The first-order valence-corrected chi connectivity index (χ1v) is 11.1. The number of carbonyl (C=O) groups is 2. The third-order valence-corrected chi connectivity index (χ3v) is 6.40. The molecule has 1 aliphatic rings. The molecule has 1 aliphatic heterocycles. The lowest BCUT2D eigenvalue weighted by Crippen LogP contribution is -3.13. The number of piperazine rings is 1. The van der Waals surface area contributed by atoms with Gasteiger partial charge in [0.15, 0.2) is 0 Å². The topological polar surface area (TPSA) is 54.3 Å². The van der Waals surface area contributed by atoms with Crippen LogP contribution in [-0.2, 0) is 11.3 Å². The van der Waals surface area contributed by atoms with Crippen molar-refractivity contribution in [1.29, 1.82) is 0 Å². The van der Waals surface area contributed by atoms with Gasteiger partial charge >= 0.3 is 0 Å². The summed E-state index contributed by atoms with van der Waals surface area (Å²) >= 11 is 1.43. The van der Waals surface area contributed by atoms with E-state index in [0.717, 1.165) is 43.4 Å². The molecule has 0 aliphatic carbocycles. The molecule has 2 aromatic rings. The highest BCUT2D eigenvalue weighted by Crippen LogP contribution is 2.24. The molecule has 7 heteroatoms. The van der Waals surface area contributed by atoms with E-state index < -0.39 is 0 Å². The number of thioether (sulfide) groups is 1. The number of benzene rings is 2. The van der Waals surface area contributed by atoms with Crippen molar-refractivity contribution in [2.75, 3.05) is 53.1 Å². The monoisotopic (exact) mass is 428 g/mol. The number of hydrogen-bond donors (Lipinski definition) is 1. The fourth-order valence-electron chi connectivity index (χ4n) is 3.44. The van der Waals surface area contributed by atoms with Crippen LogP contribution in [0.25, 0.3) is 0 Å². The second-order valence-corrected chi connectivity index (χ2v) is 8.66. The number of methoxy groups -OCH3 is 1. The van der Waals surface area contributed by atoms with Gasteiger partial charge in [0.1, 0.15) is 12.3 Å². The largest absolute Gasteiger partial charge is 0.497 e. The van der Waals surface area contributed by atoms with Gasteiger partial charge in [0.2, 0.25) is 5.91 Å². The zero-order valence-corrected chi connectivity index (χ0v) is 18.7. The Kier molecular flexibility index (Phi) is 7.76. The first-order valence-electron chi connectivity index (χ1n) is 10.2. The van der Waals surface area contributed by atoms with Gasteiger partial charge in [0, 0.05) is 24.6 Å². The summed E-state index contributed by atoms with van der Waals surface area (Å²) in [6.07, 6.45) is 0. The van der Waals surface area contributed by atoms with E-state index in [2.05, 4.69) is 12.1 Å². The lowest BCUT2D eigenvalue weighted by atomic mass is 10.1. The molecule has 0 unspecified atom stereocenters. The van der Waals surface area contributed by atoms with Crippen LogP contribution in [0.3, 0.4) is 0 Å². The van der Waals surface area contributed by atoms with Crippen molar-refractivity contribution >= 4 is 23.6 Å². The second kappa shape index (κ2) is 10.5. The second-order valence-electron chi connectivity index (χ2n) is 7.64. The first kappa shape index (κ1) is 22.2. The molecule has 0 aromatic heterocycles. The highest BCUT2D eigenvalue weighted by molar-refractivity contribution is 8.00. The fourth-order valence-corrected chi connectivity index (χ4v) is 4.47. The molecule has 0 radical (unpaired) electrons. The van der Waals surface area contributed by atoms with Gasteiger partial charge in [0.05, 0.1) is 44.6 Å². The third-order valence-electron chi connectivity index (χ3n) is 5.34. The van der Waals surface area contributed by atoms with E-state index in [1.807, 2.05) is 41.3 Å². The minimum atomic E-state index is 0.0398. The smallest absolute Gasteiger partial charge is 0.255 e. The van der Waals surface area contributed by atoms with E-state index in [9.17, 15) is 9.59 Å². The average Bonchev–Trinajstić information content (AvgIpc) is 2.78. The summed E-state index contributed by atoms with van der Waals surface area (Å²) < 4.78 is 5.22. The summed E-state index contributed by atoms with van der Waals surface area (Å²) in [5, 5.41) is 0. The number of nitrogens with zero attached hydrogens (tertiary/aromatic N) is 2. The molecule has 3 rings (SSSR count). The minimum absolute atomic E-state index is 0.0398. The van der Waals surface area contributed by atoms with Crippen LogP contribution in [0, 0.1) is 0 Å². The summed E-state index contributed by atoms with van der Waals surface area (Å²) in [5.74, 6) is 1.29. The first-order chi connectivity index (χ1) is 14.5. The van der Waals surface area contributed by atoms with Crippen molar-refractivity contribution in [2.45, 2.75) is 11.4 Å². The van der Waals surface area contributed by atoms with E-state index in [4.69, 9.17) is 4.74 Å². The van der Waals surface area contributed by atoms with Gasteiger partial charge in [-0.25, -0.2) is 0 Å². The van der Waals surface area contributed by atoms with Crippen LogP contribution in [0.2, 0.25) is 0 Å². The molecule has 0 atom stereocenters. The zero-order chi connectivity index (χ0) is 21.5. The maximum atomic E-state index is 13.1. The van der Waals surface area contributed by atoms with Crippen LogP contribution in [0.1, 0.15) is 15.9 Å². The number of amides is 2. The maximum Gasteiger partial charge on any atom is 0.255 e. The number of hydrogen-bond acceptors (Lipinski definition) is 4. The summed E-state index contributed by atoms with van der Waals surface area (Å²) in [6.45, 7) is 4.27. The number of nitrogens with one attached hydrogen (secondary N) is 1. The van der Waals surface area contributed by atoms with E-state index in [-0.39, 0.29) is 11.8 Å². The Morgan fingerprint density at radius 1 is 1.07 bits per heavy atom. The van der Waals surface area contributed by atoms with Crippen molar-refractivity contribution in [2.24, 2.45) is 0 Å². The molecule has 0 spiro atoms. The van der Waals surface area contributed by atoms with Crippen LogP contribution in [0.15, 0.2) is 53.4 Å². The van der Waals surface area contributed by atoms with Crippen molar-refractivity contribution in [3.8, 4) is 5.75 Å². The molecule has 2 amide bonds. The summed E-state index contributed by atoms with van der Waals surface area (Å²) in [7, 11) is 5.16. The molecule has 1 saturated heterocycles. The van der Waals surface area contributed by atoms with Gasteiger partial charge in [-0.3, -0.25) is 9.59 Å². The van der Waals surface area contributed by atoms with E-state index in [1.165, 1.54) is 22.2 Å². The van der Waals surface area contributed by atoms with Gasteiger partial charge in [-0.2, -0.15) is 0 Å². The van der Waals surface area contributed by atoms with Gasteiger partial charge in [-0.15, -0.1) is 11.8 Å². The van der Waals surface area contributed by atoms with Crippen molar-refractivity contribution < 1.29 is 19.2 Å². The van der Waals surface area contributed by atoms with E-state index in [1.54, 1.807) is 26.1 Å². The molecule has 0 bridgehead atoms. The quantitative estimate of drug-likeness (QED) is 0.678. The average molecular weight is 429 g/mol. The molecule has 160 valence electrons. The van der Waals surface area contributed by atoms with Crippen LogP contribution in [-0.4, -0.2) is 74.8 Å². The number of carbonyl (C=O) groups excluding carboxylic acids is 2.